The molecule has 0 spiro atoms. The molecular weight excluding hydrogens is 853 g/mol. The second-order valence-corrected chi connectivity index (χ2v) is 21.3. The number of carbonyl (C=O) groups is 3. The molecule has 0 aromatic heterocycles. The van der Waals surface area contributed by atoms with Crippen LogP contribution in [-0.4, -0.2) is 37.2 Å². The van der Waals surface area contributed by atoms with Crippen LogP contribution in [0.1, 0.15) is 355 Å². The van der Waals surface area contributed by atoms with Crippen LogP contribution in [0.4, 0.5) is 0 Å². The number of ether oxygens (including phenoxy) is 3. The van der Waals surface area contributed by atoms with Crippen LogP contribution < -0.4 is 0 Å². The summed E-state index contributed by atoms with van der Waals surface area (Å²) >= 11 is 0. The first-order chi connectivity index (χ1) is 34.0. The zero-order chi connectivity index (χ0) is 50.0. The number of allylic oxidation sites excluding steroid dienone is 2. The number of rotatable bonds is 58. The van der Waals surface area contributed by atoms with E-state index in [1.165, 1.54) is 257 Å². The van der Waals surface area contributed by atoms with E-state index in [-0.39, 0.29) is 31.1 Å². The summed E-state index contributed by atoms with van der Waals surface area (Å²) in [7, 11) is 0. The summed E-state index contributed by atoms with van der Waals surface area (Å²) in [6, 6.07) is 0. The smallest absolute Gasteiger partial charge is 0.306 e. The molecule has 0 aromatic carbocycles. The van der Waals surface area contributed by atoms with Gasteiger partial charge in [0.05, 0.1) is 0 Å². The maximum atomic E-state index is 12.9. The zero-order valence-corrected chi connectivity index (χ0v) is 46.9. The highest BCUT2D eigenvalue weighted by atomic mass is 16.6. The lowest BCUT2D eigenvalue weighted by Gasteiger charge is -2.18. The molecule has 408 valence electrons. The van der Waals surface area contributed by atoms with Gasteiger partial charge in [0.2, 0.25) is 0 Å². The van der Waals surface area contributed by atoms with Crippen LogP contribution in [0.25, 0.3) is 0 Å². The average Bonchev–Trinajstić information content (AvgIpc) is 3.35. The maximum Gasteiger partial charge on any atom is 0.306 e. The van der Waals surface area contributed by atoms with E-state index in [0.29, 0.717) is 19.3 Å². The molecule has 1 unspecified atom stereocenters. The van der Waals surface area contributed by atoms with Gasteiger partial charge in [0, 0.05) is 19.3 Å². The highest BCUT2D eigenvalue weighted by molar-refractivity contribution is 5.71. The topological polar surface area (TPSA) is 78.9 Å². The minimum absolute atomic E-state index is 0.0647. The second-order valence-electron chi connectivity index (χ2n) is 21.3. The Kier molecular flexibility index (Phi) is 57.1. The van der Waals surface area contributed by atoms with Gasteiger partial charge in [-0.2, -0.15) is 0 Å². The van der Waals surface area contributed by atoms with Crippen molar-refractivity contribution in [1.82, 2.24) is 0 Å². The summed E-state index contributed by atoms with van der Waals surface area (Å²) in [5.41, 5.74) is 0. The maximum absolute atomic E-state index is 12.9. The van der Waals surface area contributed by atoms with Crippen LogP contribution in [0.2, 0.25) is 0 Å². The summed E-state index contributed by atoms with van der Waals surface area (Å²) < 4.78 is 16.9. The fourth-order valence-electron chi connectivity index (χ4n) is 9.56. The molecule has 0 amide bonds. The normalized spacial score (nSPS) is 12.0. The molecule has 69 heavy (non-hydrogen) atoms. The van der Waals surface area contributed by atoms with Gasteiger partial charge >= 0.3 is 17.9 Å². The number of unbranched alkanes of at least 4 members (excludes halogenated alkanes) is 45. The monoisotopic (exact) mass is 973 g/mol. The molecule has 6 nitrogen and oxygen atoms in total. The Balaban J connectivity index is 4.30. The van der Waals surface area contributed by atoms with E-state index in [1.54, 1.807) is 0 Å². The van der Waals surface area contributed by atoms with Crippen molar-refractivity contribution in [1.29, 1.82) is 0 Å². The second kappa shape index (κ2) is 58.7. The first-order valence-corrected chi connectivity index (χ1v) is 31.2. The summed E-state index contributed by atoms with van der Waals surface area (Å²) in [5, 5.41) is 0. The minimum Gasteiger partial charge on any atom is -0.462 e. The van der Waals surface area contributed by atoms with Gasteiger partial charge in [-0.25, -0.2) is 0 Å². The standard InChI is InChI=1S/C63H120O6/c1-4-7-10-13-16-19-22-25-28-30-32-35-38-41-44-47-50-53-56-62(65)68-59-60(58-67-61(64)55-52-49-46-43-40-37-34-27-24-21-18-15-12-9-6-3)69-63(66)57-54-51-48-45-42-39-36-33-31-29-26-23-20-17-14-11-8-5-2/h21,24,60H,4-20,22-23,25-59H2,1-3H3/b24-21-. The molecule has 1 atom stereocenters. The largest absolute Gasteiger partial charge is 0.462 e. The number of hydrogen-bond acceptors (Lipinski definition) is 6. The van der Waals surface area contributed by atoms with E-state index in [0.717, 1.165) is 57.8 Å². The van der Waals surface area contributed by atoms with Crippen molar-refractivity contribution in [3.05, 3.63) is 12.2 Å². The van der Waals surface area contributed by atoms with Crippen LogP contribution >= 0.6 is 0 Å². The lowest BCUT2D eigenvalue weighted by molar-refractivity contribution is -0.167. The van der Waals surface area contributed by atoms with Gasteiger partial charge in [0.1, 0.15) is 13.2 Å². The highest BCUT2D eigenvalue weighted by Gasteiger charge is 2.19. The molecule has 0 saturated carbocycles. The van der Waals surface area contributed by atoms with Crippen LogP contribution in [-0.2, 0) is 28.6 Å². The van der Waals surface area contributed by atoms with E-state index in [1.807, 2.05) is 0 Å². The molecule has 0 heterocycles. The molecule has 0 fully saturated rings. The predicted octanol–water partition coefficient (Wildman–Crippen LogP) is 20.9. The number of carbonyl (C=O) groups excluding carboxylic acids is 3. The van der Waals surface area contributed by atoms with Gasteiger partial charge in [-0.3, -0.25) is 14.4 Å². The van der Waals surface area contributed by atoms with Crippen molar-refractivity contribution < 1.29 is 28.6 Å². The van der Waals surface area contributed by atoms with Gasteiger partial charge in [-0.05, 0) is 44.9 Å². The minimum atomic E-state index is -0.767. The fraction of sp³-hybridized carbons (Fsp3) is 0.921. The Morgan fingerprint density at radius 2 is 0.478 bits per heavy atom. The van der Waals surface area contributed by atoms with E-state index in [4.69, 9.17) is 14.2 Å². The lowest BCUT2D eigenvalue weighted by Crippen LogP contribution is -2.30. The molecule has 0 rings (SSSR count). The Morgan fingerprint density at radius 3 is 0.739 bits per heavy atom. The van der Waals surface area contributed by atoms with E-state index < -0.39 is 6.10 Å². The fourth-order valence-corrected chi connectivity index (χ4v) is 9.56. The molecule has 0 saturated heterocycles. The highest BCUT2D eigenvalue weighted by Crippen LogP contribution is 2.18. The molecule has 0 aliphatic rings. The van der Waals surface area contributed by atoms with E-state index in [2.05, 4.69) is 32.9 Å². The third kappa shape index (κ3) is 56.9. The average molecular weight is 974 g/mol. The molecule has 0 aromatic rings. The molecule has 0 bridgehead atoms. The van der Waals surface area contributed by atoms with Crippen molar-refractivity contribution in [3.63, 3.8) is 0 Å². The van der Waals surface area contributed by atoms with Crippen LogP contribution in [0.5, 0.6) is 0 Å². The SMILES string of the molecule is CCCCCC/C=C\CCCCCCCCCC(=O)OCC(COC(=O)CCCCCCCCCCCCCCCCCCCC)OC(=O)CCCCCCCCCCCCCCCCCCCC. The molecule has 6 heteroatoms. The third-order valence-corrected chi connectivity index (χ3v) is 14.3. The summed E-state index contributed by atoms with van der Waals surface area (Å²) in [6.45, 7) is 6.70. The van der Waals surface area contributed by atoms with Gasteiger partial charge in [0.15, 0.2) is 6.10 Å². The van der Waals surface area contributed by atoms with Crippen LogP contribution in [0.3, 0.4) is 0 Å². The van der Waals surface area contributed by atoms with Gasteiger partial charge in [0.25, 0.3) is 0 Å². The van der Waals surface area contributed by atoms with Crippen molar-refractivity contribution in [3.8, 4) is 0 Å². The molecule has 0 N–H and O–H groups in total. The number of esters is 3. The van der Waals surface area contributed by atoms with Gasteiger partial charge in [-0.15, -0.1) is 0 Å². The van der Waals surface area contributed by atoms with Crippen molar-refractivity contribution in [2.45, 2.75) is 361 Å². The first kappa shape index (κ1) is 67.1. The quantitative estimate of drug-likeness (QED) is 0.0261. The summed E-state index contributed by atoms with van der Waals surface area (Å²) in [4.78, 5) is 38.3. The van der Waals surface area contributed by atoms with Crippen molar-refractivity contribution >= 4 is 17.9 Å². The van der Waals surface area contributed by atoms with E-state index in [9.17, 15) is 14.4 Å². The Hall–Kier alpha value is -1.85. The zero-order valence-electron chi connectivity index (χ0n) is 46.9. The molecule has 0 aliphatic carbocycles. The Morgan fingerprint density at radius 1 is 0.275 bits per heavy atom. The number of hydrogen-bond donors (Lipinski definition) is 0. The predicted molar refractivity (Wildman–Crippen MR) is 298 cm³/mol. The van der Waals surface area contributed by atoms with Gasteiger partial charge < -0.3 is 14.2 Å². The van der Waals surface area contributed by atoms with E-state index >= 15 is 0 Å². The van der Waals surface area contributed by atoms with Crippen LogP contribution in [0, 0.1) is 0 Å². The Labute approximate surface area is 431 Å². The van der Waals surface area contributed by atoms with Gasteiger partial charge in [-0.1, -0.05) is 303 Å². The first-order valence-electron chi connectivity index (χ1n) is 31.2. The summed E-state index contributed by atoms with van der Waals surface area (Å²) in [5.74, 6) is -0.840. The van der Waals surface area contributed by atoms with Crippen LogP contribution in [0.15, 0.2) is 12.2 Å². The summed E-state index contributed by atoms with van der Waals surface area (Å²) in [6.07, 6.45) is 67.8. The third-order valence-electron chi connectivity index (χ3n) is 14.3. The molecular formula is C63H120O6. The lowest BCUT2D eigenvalue weighted by atomic mass is 10.0. The molecule has 0 aliphatic heterocycles. The van der Waals surface area contributed by atoms with Crippen molar-refractivity contribution in [2.75, 3.05) is 13.2 Å². The molecule has 0 radical (unpaired) electrons. The Bertz CT molecular complexity index is 1070. The van der Waals surface area contributed by atoms with Crippen molar-refractivity contribution in [2.24, 2.45) is 0 Å².